The van der Waals surface area contributed by atoms with Gasteiger partial charge in [0.05, 0.1) is 6.10 Å². The molecular formula is C12H15ClFNO. The quantitative estimate of drug-likeness (QED) is 0.837. The zero-order valence-corrected chi connectivity index (χ0v) is 9.67. The van der Waals surface area contributed by atoms with Crippen LogP contribution in [0.5, 0.6) is 0 Å². The number of hydrogen-bond donors (Lipinski definition) is 2. The van der Waals surface area contributed by atoms with Crippen molar-refractivity contribution in [1.82, 2.24) is 5.32 Å². The minimum atomic E-state index is -0.687. The molecule has 1 saturated heterocycles. The first-order valence-corrected chi connectivity index (χ1v) is 5.92. The van der Waals surface area contributed by atoms with E-state index in [1.165, 1.54) is 12.1 Å². The SMILES string of the molecule is O[C@@H](c1cc(F)cc(Cl)c1)[C@@H]1CCCCN1. The largest absolute Gasteiger partial charge is 0.387 e. The standard InChI is InChI=1S/C12H15ClFNO/c13-9-5-8(6-10(14)7-9)12(16)11-3-1-2-4-15-11/h5-7,11-12,15-16H,1-4H2/t11-,12-/m0/s1. The first-order chi connectivity index (χ1) is 7.66. The van der Waals surface area contributed by atoms with Crippen molar-refractivity contribution in [1.29, 1.82) is 0 Å². The van der Waals surface area contributed by atoms with Crippen molar-refractivity contribution in [3.63, 3.8) is 0 Å². The molecule has 2 nitrogen and oxygen atoms in total. The van der Waals surface area contributed by atoms with E-state index in [1.54, 1.807) is 6.07 Å². The van der Waals surface area contributed by atoms with Crippen LogP contribution in [0.15, 0.2) is 18.2 Å². The molecule has 88 valence electrons. The summed E-state index contributed by atoms with van der Waals surface area (Å²) in [6, 6.07) is 4.21. The molecule has 1 aromatic rings. The van der Waals surface area contributed by atoms with Gasteiger partial charge < -0.3 is 10.4 Å². The molecule has 1 heterocycles. The lowest BCUT2D eigenvalue weighted by atomic mass is 9.95. The van der Waals surface area contributed by atoms with E-state index in [4.69, 9.17) is 11.6 Å². The van der Waals surface area contributed by atoms with E-state index in [2.05, 4.69) is 5.32 Å². The molecule has 0 unspecified atom stereocenters. The maximum absolute atomic E-state index is 13.1. The van der Waals surface area contributed by atoms with Gasteiger partial charge in [0.2, 0.25) is 0 Å². The lowest BCUT2D eigenvalue weighted by molar-refractivity contribution is 0.113. The van der Waals surface area contributed by atoms with Gasteiger partial charge in [-0.15, -0.1) is 0 Å². The van der Waals surface area contributed by atoms with E-state index in [0.29, 0.717) is 10.6 Å². The Labute approximate surface area is 99.4 Å². The van der Waals surface area contributed by atoms with Gasteiger partial charge in [0.25, 0.3) is 0 Å². The molecule has 1 aliphatic heterocycles. The number of halogens is 2. The first kappa shape index (κ1) is 11.8. The number of hydrogen-bond acceptors (Lipinski definition) is 2. The molecule has 1 fully saturated rings. The monoisotopic (exact) mass is 243 g/mol. The molecule has 2 atom stereocenters. The molecule has 0 aromatic heterocycles. The van der Waals surface area contributed by atoms with Gasteiger partial charge in [0.15, 0.2) is 0 Å². The van der Waals surface area contributed by atoms with Crippen LogP contribution in [0, 0.1) is 5.82 Å². The van der Waals surface area contributed by atoms with Crippen molar-refractivity contribution in [2.24, 2.45) is 0 Å². The Bertz CT molecular complexity index is 346. The summed E-state index contributed by atoms with van der Waals surface area (Å²) in [7, 11) is 0. The highest BCUT2D eigenvalue weighted by molar-refractivity contribution is 6.30. The maximum Gasteiger partial charge on any atom is 0.125 e. The zero-order chi connectivity index (χ0) is 11.5. The van der Waals surface area contributed by atoms with Crippen LogP contribution in [0.2, 0.25) is 5.02 Å². The molecular weight excluding hydrogens is 229 g/mol. The van der Waals surface area contributed by atoms with E-state index < -0.39 is 11.9 Å². The molecule has 2 N–H and O–H groups in total. The van der Waals surface area contributed by atoms with E-state index in [9.17, 15) is 9.50 Å². The highest BCUT2D eigenvalue weighted by Gasteiger charge is 2.23. The van der Waals surface area contributed by atoms with E-state index in [1.807, 2.05) is 0 Å². The molecule has 0 saturated carbocycles. The molecule has 4 heteroatoms. The van der Waals surface area contributed by atoms with Crippen LogP contribution in [0.4, 0.5) is 4.39 Å². The van der Waals surface area contributed by atoms with Crippen molar-refractivity contribution < 1.29 is 9.50 Å². The van der Waals surface area contributed by atoms with Gasteiger partial charge in [-0.25, -0.2) is 4.39 Å². The molecule has 0 radical (unpaired) electrons. The van der Waals surface area contributed by atoms with Crippen LogP contribution in [0.1, 0.15) is 30.9 Å². The Balaban J connectivity index is 2.15. The maximum atomic E-state index is 13.1. The third-order valence-corrected chi connectivity index (χ3v) is 3.17. The van der Waals surface area contributed by atoms with Crippen LogP contribution in [0.25, 0.3) is 0 Å². The minimum Gasteiger partial charge on any atom is -0.387 e. The van der Waals surface area contributed by atoms with Gasteiger partial charge in [-0.3, -0.25) is 0 Å². The van der Waals surface area contributed by atoms with Crippen LogP contribution in [-0.4, -0.2) is 17.7 Å². The van der Waals surface area contributed by atoms with Crippen LogP contribution in [-0.2, 0) is 0 Å². The number of nitrogens with one attached hydrogen (secondary N) is 1. The molecule has 0 bridgehead atoms. The van der Waals surface area contributed by atoms with Crippen molar-refractivity contribution in [3.05, 3.63) is 34.6 Å². The second-order valence-electron chi connectivity index (χ2n) is 4.20. The molecule has 2 rings (SSSR count). The van der Waals surface area contributed by atoms with Gasteiger partial charge >= 0.3 is 0 Å². The lowest BCUT2D eigenvalue weighted by Gasteiger charge is -2.28. The summed E-state index contributed by atoms with van der Waals surface area (Å²) in [5.74, 6) is -0.405. The number of benzene rings is 1. The topological polar surface area (TPSA) is 32.3 Å². The highest BCUT2D eigenvalue weighted by Crippen LogP contribution is 2.25. The summed E-state index contributed by atoms with van der Waals surface area (Å²) >= 11 is 5.76. The van der Waals surface area contributed by atoms with Crippen molar-refractivity contribution in [2.45, 2.75) is 31.4 Å². The predicted molar refractivity (Wildman–Crippen MR) is 62.0 cm³/mol. The first-order valence-electron chi connectivity index (χ1n) is 5.54. The van der Waals surface area contributed by atoms with Gasteiger partial charge in [0.1, 0.15) is 5.82 Å². The fraction of sp³-hybridized carbons (Fsp3) is 0.500. The number of piperidine rings is 1. The molecule has 0 aliphatic carbocycles. The minimum absolute atomic E-state index is 0.00613. The number of aliphatic hydroxyl groups is 1. The average molecular weight is 244 g/mol. The second kappa shape index (κ2) is 5.13. The molecule has 0 amide bonds. The Morgan fingerprint density at radius 2 is 2.19 bits per heavy atom. The van der Waals surface area contributed by atoms with Gasteiger partial charge in [-0.1, -0.05) is 18.0 Å². The summed E-state index contributed by atoms with van der Waals surface area (Å²) < 4.78 is 13.1. The number of rotatable bonds is 2. The van der Waals surface area contributed by atoms with Crippen molar-refractivity contribution in [2.75, 3.05) is 6.54 Å². The lowest BCUT2D eigenvalue weighted by Crippen LogP contribution is -2.38. The Kier molecular flexibility index (Phi) is 3.79. The average Bonchev–Trinajstić information content (AvgIpc) is 2.28. The summed E-state index contributed by atoms with van der Waals surface area (Å²) in [6.07, 6.45) is 2.45. The third-order valence-electron chi connectivity index (χ3n) is 2.96. The van der Waals surface area contributed by atoms with Crippen molar-refractivity contribution in [3.8, 4) is 0 Å². The van der Waals surface area contributed by atoms with Gasteiger partial charge in [-0.05, 0) is 43.1 Å². The second-order valence-corrected chi connectivity index (χ2v) is 4.64. The van der Waals surface area contributed by atoms with Crippen LogP contribution < -0.4 is 5.32 Å². The summed E-state index contributed by atoms with van der Waals surface area (Å²) in [5, 5.41) is 13.7. The van der Waals surface area contributed by atoms with Gasteiger partial charge in [-0.2, -0.15) is 0 Å². The molecule has 16 heavy (non-hydrogen) atoms. The van der Waals surface area contributed by atoms with E-state index >= 15 is 0 Å². The van der Waals surface area contributed by atoms with E-state index in [-0.39, 0.29) is 6.04 Å². The molecule has 1 aromatic carbocycles. The number of aliphatic hydroxyl groups excluding tert-OH is 1. The zero-order valence-electron chi connectivity index (χ0n) is 8.92. The Morgan fingerprint density at radius 3 is 2.81 bits per heavy atom. The fourth-order valence-electron chi connectivity index (χ4n) is 2.13. The van der Waals surface area contributed by atoms with Crippen LogP contribution in [0.3, 0.4) is 0 Å². The summed E-state index contributed by atoms with van der Waals surface area (Å²) in [5.41, 5.74) is 0.546. The van der Waals surface area contributed by atoms with Crippen molar-refractivity contribution >= 4 is 11.6 Å². The normalized spacial score (nSPS) is 23.1. The van der Waals surface area contributed by atoms with Gasteiger partial charge in [0, 0.05) is 11.1 Å². The summed E-state index contributed by atoms with van der Waals surface area (Å²) in [6.45, 7) is 0.908. The van der Waals surface area contributed by atoms with Crippen LogP contribution >= 0.6 is 11.6 Å². The molecule has 0 spiro atoms. The third kappa shape index (κ3) is 2.73. The smallest absolute Gasteiger partial charge is 0.125 e. The highest BCUT2D eigenvalue weighted by atomic mass is 35.5. The Hall–Kier alpha value is -0.640. The molecule has 1 aliphatic rings. The Morgan fingerprint density at radius 1 is 1.38 bits per heavy atom. The predicted octanol–water partition coefficient (Wildman–Crippen LogP) is 2.65. The fourth-order valence-corrected chi connectivity index (χ4v) is 2.36. The summed E-state index contributed by atoms with van der Waals surface area (Å²) in [4.78, 5) is 0. The van der Waals surface area contributed by atoms with E-state index in [0.717, 1.165) is 25.8 Å².